The van der Waals surface area contributed by atoms with Crippen LogP contribution in [0.5, 0.6) is 0 Å². The van der Waals surface area contributed by atoms with E-state index in [0.29, 0.717) is 11.7 Å². The van der Waals surface area contributed by atoms with Crippen molar-refractivity contribution in [2.45, 2.75) is 6.54 Å². The third kappa shape index (κ3) is 2.27. The van der Waals surface area contributed by atoms with Gasteiger partial charge in [0.2, 0.25) is 11.7 Å². The Balaban J connectivity index is 1.99. The number of aromatic nitrogens is 5. The smallest absolute Gasteiger partial charge is 0.240 e. The number of hydrogen-bond donors (Lipinski definition) is 1. The first kappa shape index (κ1) is 12.0. The zero-order valence-electron chi connectivity index (χ0n) is 9.69. The minimum atomic E-state index is 0.227. The van der Waals surface area contributed by atoms with Crippen LogP contribution in [0.15, 0.2) is 39.8 Å². The van der Waals surface area contributed by atoms with Gasteiger partial charge in [-0.15, -0.1) is 0 Å². The standard InChI is InChI=1S/C11H9BrN6O/c12-8-3-7(11-16-10(4-13)19-17-11)1-2-9(8)18-6-14-5-15-18/h1-3,5-6H,4,13H2. The van der Waals surface area contributed by atoms with Gasteiger partial charge in [-0.05, 0) is 34.1 Å². The molecular weight excluding hydrogens is 312 g/mol. The Morgan fingerprint density at radius 3 is 2.89 bits per heavy atom. The van der Waals surface area contributed by atoms with Gasteiger partial charge in [0.15, 0.2) is 0 Å². The highest BCUT2D eigenvalue weighted by Crippen LogP contribution is 2.26. The molecule has 0 radical (unpaired) electrons. The van der Waals surface area contributed by atoms with Crippen molar-refractivity contribution in [3.05, 3.63) is 41.2 Å². The average molecular weight is 321 g/mol. The van der Waals surface area contributed by atoms with E-state index in [1.807, 2.05) is 18.2 Å². The summed E-state index contributed by atoms with van der Waals surface area (Å²) in [7, 11) is 0. The Kier molecular flexibility index (Phi) is 3.10. The summed E-state index contributed by atoms with van der Waals surface area (Å²) in [6.45, 7) is 0.227. The summed E-state index contributed by atoms with van der Waals surface area (Å²) in [4.78, 5) is 8.09. The largest absolute Gasteiger partial charge is 0.338 e. The van der Waals surface area contributed by atoms with Crippen LogP contribution in [0.3, 0.4) is 0 Å². The normalized spacial score (nSPS) is 10.8. The van der Waals surface area contributed by atoms with Crippen molar-refractivity contribution >= 4 is 15.9 Å². The molecule has 2 aromatic heterocycles. The van der Waals surface area contributed by atoms with Crippen LogP contribution >= 0.6 is 15.9 Å². The third-order valence-electron chi connectivity index (χ3n) is 2.51. The molecule has 0 atom stereocenters. The molecule has 0 spiro atoms. The second kappa shape index (κ2) is 4.90. The first-order chi connectivity index (χ1) is 9.28. The second-order valence-electron chi connectivity index (χ2n) is 3.72. The van der Waals surface area contributed by atoms with E-state index in [1.54, 1.807) is 11.0 Å². The van der Waals surface area contributed by atoms with E-state index in [1.165, 1.54) is 6.33 Å². The fraction of sp³-hybridized carbons (Fsp3) is 0.0909. The number of nitrogens with zero attached hydrogens (tertiary/aromatic N) is 5. The van der Waals surface area contributed by atoms with Crippen molar-refractivity contribution in [3.8, 4) is 17.1 Å². The molecule has 0 fully saturated rings. The number of hydrogen-bond acceptors (Lipinski definition) is 6. The number of nitrogens with two attached hydrogens (primary N) is 1. The first-order valence-corrected chi connectivity index (χ1v) is 6.25. The maximum absolute atomic E-state index is 5.44. The lowest BCUT2D eigenvalue weighted by Gasteiger charge is -2.04. The Bertz CT molecular complexity index is 693. The van der Waals surface area contributed by atoms with Crippen LogP contribution in [0, 0.1) is 0 Å². The van der Waals surface area contributed by atoms with E-state index in [9.17, 15) is 0 Å². The summed E-state index contributed by atoms with van der Waals surface area (Å²) in [5.41, 5.74) is 7.15. The number of benzene rings is 1. The highest BCUT2D eigenvalue weighted by atomic mass is 79.9. The highest BCUT2D eigenvalue weighted by Gasteiger charge is 2.10. The molecule has 7 nitrogen and oxygen atoms in total. The van der Waals surface area contributed by atoms with Crippen molar-refractivity contribution < 1.29 is 4.52 Å². The zero-order valence-corrected chi connectivity index (χ0v) is 11.3. The molecule has 0 aliphatic carbocycles. The Labute approximate surface area is 116 Å². The molecule has 2 heterocycles. The maximum Gasteiger partial charge on any atom is 0.240 e. The minimum Gasteiger partial charge on any atom is -0.338 e. The summed E-state index contributed by atoms with van der Waals surface area (Å²) in [6, 6.07) is 5.67. The molecule has 3 aromatic rings. The molecule has 19 heavy (non-hydrogen) atoms. The van der Waals surface area contributed by atoms with Crippen LogP contribution in [-0.4, -0.2) is 24.9 Å². The maximum atomic E-state index is 5.44. The van der Waals surface area contributed by atoms with Gasteiger partial charge in [0.25, 0.3) is 0 Å². The van der Waals surface area contributed by atoms with E-state index < -0.39 is 0 Å². The minimum absolute atomic E-state index is 0.227. The van der Waals surface area contributed by atoms with Gasteiger partial charge in [0, 0.05) is 10.0 Å². The lowest BCUT2D eigenvalue weighted by atomic mass is 10.2. The molecule has 2 N–H and O–H groups in total. The quantitative estimate of drug-likeness (QED) is 0.786. The van der Waals surface area contributed by atoms with Gasteiger partial charge >= 0.3 is 0 Å². The van der Waals surface area contributed by atoms with E-state index in [4.69, 9.17) is 10.3 Å². The van der Waals surface area contributed by atoms with E-state index in [-0.39, 0.29) is 6.54 Å². The summed E-state index contributed by atoms with van der Waals surface area (Å²) in [5, 5.41) is 7.95. The van der Waals surface area contributed by atoms with Crippen molar-refractivity contribution in [1.29, 1.82) is 0 Å². The van der Waals surface area contributed by atoms with Gasteiger partial charge in [0.05, 0.1) is 12.2 Å². The molecule has 0 saturated carbocycles. The summed E-state index contributed by atoms with van der Waals surface area (Å²) < 4.78 is 7.50. The Hall–Kier alpha value is -2.06. The van der Waals surface area contributed by atoms with Crippen LogP contribution in [0.25, 0.3) is 17.1 Å². The molecule has 1 aromatic carbocycles. The lowest BCUT2D eigenvalue weighted by Crippen LogP contribution is -1.97. The van der Waals surface area contributed by atoms with Gasteiger partial charge < -0.3 is 10.3 Å². The van der Waals surface area contributed by atoms with Crippen molar-refractivity contribution in [3.63, 3.8) is 0 Å². The Morgan fingerprint density at radius 1 is 1.37 bits per heavy atom. The lowest BCUT2D eigenvalue weighted by molar-refractivity contribution is 0.380. The summed E-state index contributed by atoms with van der Waals surface area (Å²) in [5.74, 6) is 0.915. The molecule has 0 unspecified atom stereocenters. The zero-order chi connectivity index (χ0) is 13.2. The van der Waals surface area contributed by atoms with Gasteiger partial charge in [-0.1, -0.05) is 5.16 Å². The molecule has 3 rings (SSSR count). The SMILES string of the molecule is NCc1nc(-c2ccc(-n3cncn3)c(Br)c2)no1. The third-order valence-corrected chi connectivity index (χ3v) is 3.15. The molecule has 0 aliphatic rings. The van der Waals surface area contributed by atoms with Crippen LogP contribution in [0.4, 0.5) is 0 Å². The van der Waals surface area contributed by atoms with Gasteiger partial charge in [0.1, 0.15) is 12.7 Å². The summed E-state index contributed by atoms with van der Waals surface area (Å²) in [6.07, 6.45) is 3.10. The molecule has 0 aliphatic heterocycles. The van der Waals surface area contributed by atoms with Crippen LogP contribution < -0.4 is 5.73 Å². The van der Waals surface area contributed by atoms with Gasteiger partial charge in [-0.25, -0.2) is 9.67 Å². The average Bonchev–Trinajstić information content (AvgIpc) is 3.10. The number of rotatable bonds is 3. The predicted octanol–water partition coefficient (Wildman–Crippen LogP) is 1.54. The van der Waals surface area contributed by atoms with Crippen LogP contribution in [0.1, 0.15) is 5.89 Å². The first-order valence-electron chi connectivity index (χ1n) is 5.45. The topological polar surface area (TPSA) is 95.7 Å². The van der Waals surface area contributed by atoms with Crippen molar-refractivity contribution in [1.82, 2.24) is 24.9 Å². The fourth-order valence-corrected chi connectivity index (χ4v) is 2.18. The van der Waals surface area contributed by atoms with Crippen molar-refractivity contribution in [2.24, 2.45) is 5.73 Å². The Morgan fingerprint density at radius 2 is 2.26 bits per heavy atom. The van der Waals surface area contributed by atoms with Crippen molar-refractivity contribution in [2.75, 3.05) is 0 Å². The molecule has 0 saturated heterocycles. The van der Waals surface area contributed by atoms with Crippen LogP contribution in [0.2, 0.25) is 0 Å². The second-order valence-corrected chi connectivity index (χ2v) is 4.58. The van der Waals surface area contributed by atoms with E-state index in [2.05, 4.69) is 36.2 Å². The molecule has 96 valence electrons. The molecule has 8 heteroatoms. The monoisotopic (exact) mass is 320 g/mol. The predicted molar refractivity (Wildman–Crippen MR) is 70.2 cm³/mol. The molecular formula is C11H9BrN6O. The van der Waals surface area contributed by atoms with E-state index >= 15 is 0 Å². The van der Waals surface area contributed by atoms with Gasteiger partial charge in [-0.3, -0.25) is 0 Å². The number of halogens is 1. The van der Waals surface area contributed by atoms with Gasteiger partial charge in [-0.2, -0.15) is 10.1 Å². The molecule has 0 amide bonds. The van der Waals surface area contributed by atoms with E-state index in [0.717, 1.165) is 15.7 Å². The molecule has 0 bridgehead atoms. The fourth-order valence-electron chi connectivity index (χ4n) is 1.62. The van der Waals surface area contributed by atoms with Crippen LogP contribution in [-0.2, 0) is 6.54 Å². The highest BCUT2D eigenvalue weighted by molar-refractivity contribution is 9.10. The summed E-state index contributed by atoms with van der Waals surface area (Å²) >= 11 is 3.49.